The second kappa shape index (κ2) is 7.23. The van der Waals surface area contributed by atoms with Crippen molar-refractivity contribution in [1.29, 1.82) is 0 Å². The summed E-state index contributed by atoms with van der Waals surface area (Å²) in [5.74, 6) is -0.0114. The molecule has 6 nitrogen and oxygen atoms in total. The number of nitro benzene ring substituents is 1. The zero-order valence-electron chi connectivity index (χ0n) is 15.9. The molecule has 0 spiro atoms. The molecule has 0 aromatic heterocycles. The Kier molecular flexibility index (Phi) is 5.44. The number of para-hydroxylation sites is 1. The number of phenolic OH excluding ortho intramolecular Hbond substituents is 1. The van der Waals surface area contributed by atoms with Crippen molar-refractivity contribution < 1.29 is 10.0 Å². The van der Waals surface area contributed by atoms with Gasteiger partial charge >= 0.3 is 0 Å². The van der Waals surface area contributed by atoms with E-state index in [9.17, 15) is 15.2 Å². The molecule has 0 bridgehead atoms. The summed E-state index contributed by atoms with van der Waals surface area (Å²) in [5, 5.41) is 29.2. The molecule has 1 N–H and O–H groups in total. The molecular formula is C20H25N3O3. The summed E-state index contributed by atoms with van der Waals surface area (Å²) in [4.78, 5) is 10.6. The van der Waals surface area contributed by atoms with Crippen LogP contribution in [0.5, 0.6) is 5.75 Å². The van der Waals surface area contributed by atoms with Crippen molar-refractivity contribution in [1.82, 2.24) is 0 Å². The van der Waals surface area contributed by atoms with Crippen LogP contribution >= 0.6 is 0 Å². The van der Waals surface area contributed by atoms with Crippen LogP contribution in [-0.2, 0) is 5.41 Å². The minimum absolute atomic E-state index is 0.0114. The summed E-state index contributed by atoms with van der Waals surface area (Å²) < 4.78 is 0. The molecule has 0 radical (unpaired) electrons. The van der Waals surface area contributed by atoms with Gasteiger partial charge in [0.05, 0.1) is 4.92 Å². The Labute approximate surface area is 153 Å². The van der Waals surface area contributed by atoms with Gasteiger partial charge in [0.25, 0.3) is 5.69 Å². The lowest BCUT2D eigenvalue weighted by atomic mass is 9.72. The Morgan fingerprint density at radius 2 is 1.62 bits per heavy atom. The molecule has 0 aliphatic rings. The maximum absolute atomic E-state index is 11.1. The van der Waals surface area contributed by atoms with E-state index in [1.807, 2.05) is 6.07 Å². The van der Waals surface area contributed by atoms with E-state index in [0.717, 1.165) is 12.0 Å². The third-order valence-electron chi connectivity index (χ3n) is 4.07. The molecule has 6 heteroatoms. The highest BCUT2D eigenvalue weighted by atomic mass is 16.6. The van der Waals surface area contributed by atoms with Crippen molar-refractivity contribution in [2.45, 2.75) is 46.5 Å². The van der Waals surface area contributed by atoms with E-state index in [1.165, 1.54) is 12.1 Å². The van der Waals surface area contributed by atoms with Gasteiger partial charge in [0.2, 0.25) is 0 Å². The van der Waals surface area contributed by atoms with Crippen molar-refractivity contribution in [3.63, 3.8) is 0 Å². The van der Waals surface area contributed by atoms with Crippen molar-refractivity contribution in [2.75, 3.05) is 0 Å². The van der Waals surface area contributed by atoms with Crippen LogP contribution in [0.2, 0.25) is 0 Å². The highest BCUT2D eigenvalue weighted by Gasteiger charge is 2.27. The summed E-state index contributed by atoms with van der Waals surface area (Å²) in [7, 11) is 0. The van der Waals surface area contributed by atoms with E-state index in [-0.39, 0.29) is 28.0 Å². The molecular weight excluding hydrogens is 330 g/mol. The normalized spacial score (nSPS) is 12.5. The topological polar surface area (TPSA) is 88.1 Å². The number of aromatic hydroxyl groups is 1. The lowest BCUT2D eigenvalue weighted by Gasteiger charge is -2.33. The zero-order valence-corrected chi connectivity index (χ0v) is 15.9. The number of benzene rings is 2. The Balaban J connectivity index is 2.38. The molecule has 0 fully saturated rings. The molecule has 26 heavy (non-hydrogen) atoms. The molecule has 0 aliphatic heterocycles. The summed E-state index contributed by atoms with van der Waals surface area (Å²) in [6, 6.07) is 11.4. The lowest BCUT2D eigenvalue weighted by Crippen LogP contribution is -2.24. The second-order valence-corrected chi connectivity index (χ2v) is 8.27. The van der Waals surface area contributed by atoms with Gasteiger partial charge in [-0.05, 0) is 41.0 Å². The van der Waals surface area contributed by atoms with E-state index < -0.39 is 4.92 Å². The number of hydrogen-bond acceptors (Lipinski definition) is 5. The van der Waals surface area contributed by atoms with Crippen molar-refractivity contribution in [2.24, 2.45) is 15.6 Å². The van der Waals surface area contributed by atoms with Crippen LogP contribution in [0.25, 0.3) is 0 Å². The minimum atomic E-state index is -0.503. The first-order valence-corrected chi connectivity index (χ1v) is 8.48. The maximum Gasteiger partial charge on any atom is 0.296 e. The van der Waals surface area contributed by atoms with Crippen LogP contribution in [0.3, 0.4) is 0 Å². The van der Waals surface area contributed by atoms with Gasteiger partial charge in [-0.2, -0.15) is 0 Å². The van der Waals surface area contributed by atoms with Crippen LogP contribution in [0.4, 0.5) is 17.1 Å². The van der Waals surface area contributed by atoms with Gasteiger partial charge in [-0.1, -0.05) is 52.8 Å². The molecule has 0 amide bonds. The third kappa shape index (κ3) is 4.88. The first-order valence-electron chi connectivity index (χ1n) is 8.48. The molecule has 2 rings (SSSR count). The maximum atomic E-state index is 11.1. The SMILES string of the molecule is CC(C)(C)CC(C)(C)c1ccc(O)c(N=Nc2ccccc2[N+](=O)[O-])c1. The molecule has 0 atom stereocenters. The van der Waals surface area contributed by atoms with Crippen molar-refractivity contribution in [3.05, 3.63) is 58.1 Å². The van der Waals surface area contributed by atoms with Gasteiger partial charge in [-0.15, -0.1) is 10.2 Å². The van der Waals surface area contributed by atoms with Crippen LogP contribution in [-0.4, -0.2) is 10.0 Å². The third-order valence-corrected chi connectivity index (χ3v) is 4.07. The number of nitro groups is 1. The van der Waals surface area contributed by atoms with Crippen LogP contribution in [0, 0.1) is 15.5 Å². The summed E-state index contributed by atoms with van der Waals surface area (Å²) in [6.07, 6.45) is 0.950. The fraction of sp³-hybridized carbons (Fsp3) is 0.400. The standard InChI is InChI=1S/C20H25N3O3/c1-19(2,3)13-20(4,5)14-10-11-18(24)16(12-14)22-21-15-8-6-7-9-17(15)23(25)26/h6-12,24H,13H2,1-5H3. The van der Waals surface area contributed by atoms with E-state index >= 15 is 0 Å². The number of rotatable bonds is 5. The van der Waals surface area contributed by atoms with Crippen molar-refractivity contribution in [3.8, 4) is 5.75 Å². The fourth-order valence-corrected chi connectivity index (χ4v) is 3.26. The smallest absolute Gasteiger partial charge is 0.296 e. The van der Waals surface area contributed by atoms with Gasteiger partial charge < -0.3 is 5.11 Å². The predicted molar refractivity (Wildman–Crippen MR) is 102 cm³/mol. The second-order valence-electron chi connectivity index (χ2n) is 8.27. The molecule has 0 unspecified atom stereocenters. The van der Waals surface area contributed by atoms with Crippen LogP contribution in [0.15, 0.2) is 52.7 Å². The number of azo groups is 1. The lowest BCUT2D eigenvalue weighted by molar-refractivity contribution is -0.384. The van der Waals surface area contributed by atoms with Crippen LogP contribution < -0.4 is 0 Å². The van der Waals surface area contributed by atoms with Gasteiger partial charge in [0.15, 0.2) is 5.69 Å². The Morgan fingerprint density at radius 1 is 1.00 bits per heavy atom. The summed E-state index contributed by atoms with van der Waals surface area (Å²) in [6.45, 7) is 10.8. The van der Waals surface area contributed by atoms with E-state index in [2.05, 4.69) is 44.8 Å². The summed E-state index contributed by atoms with van der Waals surface area (Å²) in [5.41, 5.74) is 1.38. The monoisotopic (exact) mass is 355 g/mol. The summed E-state index contributed by atoms with van der Waals surface area (Å²) >= 11 is 0. The Bertz CT molecular complexity index is 836. The van der Waals surface area contributed by atoms with E-state index in [0.29, 0.717) is 5.69 Å². The van der Waals surface area contributed by atoms with Gasteiger partial charge in [0, 0.05) is 6.07 Å². The largest absolute Gasteiger partial charge is 0.506 e. The first kappa shape index (κ1) is 19.6. The predicted octanol–water partition coefficient (Wildman–Crippen LogP) is 6.43. The zero-order chi connectivity index (χ0) is 19.5. The van der Waals surface area contributed by atoms with Gasteiger partial charge in [-0.3, -0.25) is 10.1 Å². The molecule has 2 aromatic rings. The Hall–Kier alpha value is -2.76. The van der Waals surface area contributed by atoms with E-state index in [4.69, 9.17) is 0 Å². The van der Waals surface area contributed by atoms with Gasteiger partial charge in [-0.25, -0.2) is 0 Å². The quantitative estimate of drug-likeness (QED) is 0.381. The minimum Gasteiger partial charge on any atom is -0.506 e. The molecule has 138 valence electrons. The number of phenols is 1. The Morgan fingerprint density at radius 3 is 2.23 bits per heavy atom. The molecule has 2 aromatic carbocycles. The van der Waals surface area contributed by atoms with E-state index in [1.54, 1.807) is 24.3 Å². The molecule has 0 aliphatic carbocycles. The number of hydrogen-bond donors (Lipinski definition) is 1. The fourth-order valence-electron chi connectivity index (χ4n) is 3.26. The highest BCUT2D eigenvalue weighted by molar-refractivity contribution is 5.58. The number of nitrogens with zero attached hydrogens (tertiary/aromatic N) is 3. The highest BCUT2D eigenvalue weighted by Crippen LogP contribution is 2.40. The molecule has 0 heterocycles. The van der Waals surface area contributed by atoms with Crippen molar-refractivity contribution >= 4 is 17.1 Å². The average molecular weight is 355 g/mol. The van der Waals surface area contributed by atoms with Gasteiger partial charge in [0.1, 0.15) is 11.4 Å². The van der Waals surface area contributed by atoms with Crippen LogP contribution in [0.1, 0.15) is 46.6 Å². The molecule has 0 saturated heterocycles. The molecule has 0 saturated carbocycles. The first-order chi connectivity index (χ1) is 12.0. The average Bonchev–Trinajstić information content (AvgIpc) is 2.51.